The number of halogens is 1. The zero-order valence-corrected chi connectivity index (χ0v) is 15.8. The first-order valence-electron chi connectivity index (χ1n) is 9.52. The first-order chi connectivity index (χ1) is 13.1. The molecule has 144 valence electrons. The molecule has 0 aliphatic carbocycles. The van der Waals surface area contributed by atoms with E-state index in [1.807, 2.05) is 0 Å². The summed E-state index contributed by atoms with van der Waals surface area (Å²) in [6.45, 7) is 5.73. The van der Waals surface area contributed by atoms with E-state index in [1.54, 1.807) is 18.2 Å². The number of aryl methyl sites for hydroxylation is 2. The van der Waals surface area contributed by atoms with E-state index in [1.165, 1.54) is 17.2 Å². The fourth-order valence-corrected chi connectivity index (χ4v) is 3.38. The van der Waals surface area contributed by atoms with Crippen LogP contribution in [0.2, 0.25) is 0 Å². The number of rotatable bonds is 7. The number of carbonyl (C=O) groups is 1. The van der Waals surface area contributed by atoms with Crippen LogP contribution in [0.25, 0.3) is 0 Å². The molecule has 1 amide bonds. The van der Waals surface area contributed by atoms with Gasteiger partial charge in [0.15, 0.2) is 0 Å². The van der Waals surface area contributed by atoms with Crippen LogP contribution in [0.4, 0.5) is 4.39 Å². The minimum absolute atomic E-state index is 0.0522. The maximum Gasteiger partial charge on any atom is 0.220 e. The zero-order chi connectivity index (χ0) is 19.1. The number of nitrogens with zero attached hydrogens (tertiary/aromatic N) is 1. The van der Waals surface area contributed by atoms with Gasteiger partial charge in [-0.15, -0.1) is 0 Å². The topological polar surface area (TPSA) is 41.6 Å². The number of ether oxygens (including phenoxy) is 1. The maximum atomic E-state index is 13.7. The van der Waals surface area contributed by atoms with Crippen molar-refractivity contribution in [3.05, 3.63) is 71.0 Å². The van der Waals surface area contributed by atoms with Crippen molar-refractivity contribution in [1.29, 1.82) is 0 Å². The van der Waals surface area contributed by atoms with E-state index in [-0.39, 0.29) is 24.2 Å². The molecule has 0 bridgehead atoms. The van der Waals surface area contributed by atoms with Gasteiger partial charge >= 0.3 is 0 Å². The van der Waals surface area contributed by atoms with Gasteiger partial charge in [0.1, 0.15) is 5.82 Å². The Bertz CT molecular complexity index is 742. The van der Waals surface area contributed by atoms with Crippen LogP contribution >= 0.6 is 0 Å². The lowest BCUT2D eigenvalue weighted by atomic mass is 10.0. The molecular weight excluding hydrogens is 343 g/mol. The largest absolute Gasteiger partial charge is 0.379 e. The lowest BCUT2D eigenvalue weighted by molar-refractivity contribution is -0.121. The first kappa shape index (κ1) is 19.5. The summed E-state index contributed by atoms with van der Waals surface area (Å²) in [4.78, 5) is 14.7. The molecule has 0 spiro atoms. The van der Waals surface area contributed by atoms with Crippen LogP contribution in [-0.2, 0) is 16.0 Å². The Morgan fingerprint density at radius 3 is 2.56 bits per heavy atom. The quantitative estimate of drug-likeness (QED) is 0.813. The van der Waals surface area contributed by atoms with Gasteiger partial charge in [-0.1, -0.05) is 48.0 Å². The highest BCUT2D eigenvalue weighted by Crippen LogP contribution is 2.22. The van der Waals surface area contributed by atoms with Crippen molar-refractivity contribution >= 4 is 5.91 Å². The van der Waals surface area contributed by atoms with Gasteiger partial charge in [-0.25, -0.2) is 4.39 Å². The second-order valence-corrected chi connectivity index (χ2v) is 6.97. The Kier molecular flexibility index (Phi) is 6.96. The Balaban J connectivity index is 1.59. The second-order valence-electron chi connectivity index (χ2n) is 6.97. The smallest absolute Gasteiger partial charge is 0.220 e. The highest BCUT2D eigenvalue weighted by Gasteiger charge is 2.23. The van der Waals surface area contributed by atoms with Crippen molar-refractivity contribution < 1.29 is 13.9 Å². The number of morpholine rings is 1. The maximum absolute atomic E-state index is 13.7. The normalized spacial score (nSPS) is 16.1. The monoisotopic (exact) mass is 370 g/mol. The molecule has 1 N–H and O–H groups in total. The summed E-state index contributed by atoms with van der Waals surface area (Å²) < 4.78 is 19.2. The summed E-state index contributed by atoms with van der Waals surface area (Å²) in [6, 6.07) is 15.2. The third-order valence-corrected chi connectivity index (χ3v) is 5.02. The summed E-state index contributed by atoms with van der Waals surface area (Å²) in [5, 5.41) is 3.04. The molecule has 0 radical (unpaired) electrons. The summed E-state index contributed by atoms with van der Waals surface area (Å²) in [5.41, 5.74) is 2.99. The lowest BCUT2D eigenvalue weighted by Gasteiger charge is -2.35. The molecule has 1 atom stereocenters. The number of hydrogen-bond donors (Lipinski definition) is 1. The van der Waals surface area contributed by atoms with Crippen LogP contribution in [0.5, 0.6) is 0 Å². The molecule has 27 heavy (non-hydrogen) atoms. The number of amides is 1. The summed E-state index contributed by atoms with van der Waals surface area (Å²) in [5.74, 6) is -0.306. The minimum atomic E-state index is -0.254. The van der Waals surface area contributed by atoms with Gasteiger partial charge in [0.05, 0.1) is 19.3 Å². The molecule has 3 rings (SSSR count). The number of hydrogen-bond acceptors (Lipinski definition) is 3. The molecule has 1 aliphatic heterocycles. The van der Waals surface area contributed by atoms with Crippen molar-refractivity contribution in [2.24, 2.45) is 0 Å². The van der Waals surface area contributed by atoms with Crippen LogP contribution in [-0.4, -0.2) is 43.7 Å². The molecule has 2 aromatic rings. The fourth-order valence-electron chi connectivity index (χ4n) is 3.38. The van der Waals surface area contributed by atoms with E-state index in [4.69, 9.17) is 4.74 Å². The predicted molar refractivity (Wildman–Crippen MR) is 104 cm³/mol. The summed E-state index contributed by atoms with van der Waals surface area (Å²) in [7, 11) is 0. The number of benzene rings is 2. The van der Waals surface area contributed by atoms with Gasteiger partial charge in [-0.05, 0) is 30.5 Å². The van der Waals surface area contributed by atoms with Gasteiger partial charge in [0, 0.05) is 26.1 Å². The van der Waals surface area contributed by atoms with E-state index < -0.39 is 0 Å². The second kappa shape index (κ2) is 9.62. The highest BCUT2D eigenvalue weighted by molar-refractivity contribution is 5.76. The molecule has 1 aliphatic rings. The molecule has 1 saturated heterocycles. The molecule has 1 unspecified atom stereocenters. The van der Waals surface area contributed by atoms with Gasteiger partial charge in [0.2, 0.25) is 5.91 Å². The first-order valence-corrected chi connectivity index (χ1v) is 9.52. The van der Waals surface area contributed by atoms with Crippen LogP contribution in [0.15, 0.2) is 48.5 Å². The molecule has 0 saturated carbocycles. The third kappa shape index (κ3) is 5.62. The standard InChI is InChI=1S/C22H27FN2O2/c1-17-6-8-19(9-7-17)21(25-12-14-27-15-13-25)16-24-22(26)11-10-18-4-2-3-5-20(18)23/h2-9,21H,10-16H2,1H3,(H,24,26). The zero-order valence-electron chi connectivity index (χ0n) is 15.8. The van der Waals surface area contributed by atoms with E-state index in [0.29, 0.717) is 31.7 Å². The Morgan fingerprint density at radius 2 is 1.85 bits per heavy atom. The van der Waals surface area contributed by atoms with Crippen molar-refractivity contribution in [2.75, 3.05) is 32.8 Å². The highest BCUT2D eigenvalue weighted by atomic mass is 19.1. The Labute approximate surface area is 160 Å². The lowest BCUT2D eigenvalue weighted by Crippen LogP contribution is -2.43. The summed E-state index contributed by atoms with van der Waals surface area (Å²) in [6.07, 6.45) is 0.690. The van der Waals surface area contributed by atoms with Gasteiger partial charge < -0.3 is 10.1 Å². The van der Waals surface area contributed by atoms with E-state index in [2.05, 4.69) is 41.4 Å². The van der Waals surface area contributed by atoms with Crippen molar-refractivity contribution in [3.8, 4) is 0 Å². The van der Waals surface area contributed by atoms with Crippen LogP contribution < -0.4 is 5.32 Å². The molecule has 2 aromatic carbocycles. The molecular formula is C22H27FN2O2. The minimum Gasteiger partial charge on any atom is -0.379 e. The van der Waals surface area contributed by atoms with E-state index >= 15 is 0 Å². The summed E-state index contributed by atoms with van der Waals surface area (Å²) >= 11 is 0. The van der Waals surface area contributed by atoms with Crippen molar-refractivity contribution in [2.45, 2.75) is 25.8 Å². The molecule has 1 heterocycles. The van der Waals surface area contributed by atoms with Crippen molar-refractivity contribution in [1.82, 2.24) is 10.2 Å². The van der Waals surface area contributed by atoms with Crippen LogP contribution in [0, 0.1) is 12.7 Å². The average molecular weight is 370 g/mol. The average Bonchev–Trinajstić information content (AvgIpc) is 2.69. The van der Waals surface area contributed by atoms with Crippen LogP contribution in [0.1, 0.15) is 29.2 Å². The molecule has 5 heteroatoms. The fraction of sp³-hybridized carbons (Fsp3) is 0.409. The molecule has 4 nitrogen and oxygen atoms in total. The van der Waals surface area contributed by atoms with Gasteiger partial charge in [0.25, 0.3) is 0 Å². The molecule has 0 aromatic heterocycles. The molecule has 1 fully saturated rings. The third-order valence-electron chi connectivity index (χ3n) is 5.02. The van der Waals surface area contributed by atoms with Crippen molar-refractivity contribution in [3.63, 3.8) is 0 Å². The van der Waals surface area contributed by atoms with Crippen LogP contribution in [0.3, 0.4) is 0 Å². The number of carbonyl (C=O) groups excluding carboxylic acids is 1. The van der Waals surface area contributed by atoms with E-state index in [0.717, 1.165) is 13.1 Å². The Hall–Kier alpha value is -2.24. The SMILES string of the molecule is Cc1ccc(C(CNC(=O)CCc2ccccc2F)N2CCOCC2)cc1. The Morgan fingerprint density at radius 1 is 1.15 bits per heavy atom. The van der Waals surface area contributed by atoms with Gasteiger partial charge in [-0.3, -0.25) is 9.69 Å². The predicted octanol–water partition coefficient (Wildman–Crippen LogP) is 3.26. The van der Waals surface area contributed by atoms with E-state index in [9.17, 15) is 9.18 Å². The number of nitrogens with one attached hydrogen (secondary N) is 1. The van der Waals surface area contributed by atoms with Gasteiger partial charge in [-0.2, -0.15) is 0 Å².